The number of anilines is 1. The fourth-order valence-corrected chi connectivity index (χ4v) is 3.51. The molecule has 0 bridgehead atoms. The van der Waals surface area contributed by atoms with Crippen LogP contribution in [0.15, 0.2) is 54.6 Å². The van der Waals surface area contributed by atoms with Crippen LogP contribution in [-0.2, 0) is 0 Å². The molecule has 0 unspecified atom stereocenters. The number of nitrogens with one attached hydrogen (secondary N) is 1. The molecule has 4 rings (SSSR count). The molecule has 0 aliphatic heterocycles. The molecule has 0 saturated carbocycles. The van der Waals surface area contributed by atoms with Gasteiger partial charge in [0.05, 0.1) is 21.6 Å². The smallest absolute Gasteiger partial charge is 0.336 e. The number of aromatic carboxylic acids is 1. The van der Waals surface area contributed by atoms with Crippen molar-refractivity contribution in [3.8, 4) is 22.9 Å². The second kappa shape index (κ2) is 8.67. The summed E-state index contributed by atoms with van der Waals surface area (Å²) in [5.41, 5.74) is 5.21. The van der Waals surface area contributed by atoms with Crippen molar-refractivity contribution in [2.45, 2.75) is 6.92 Å². The number of aromatic nitrogens is 2. The van der Waals surface area contributed by atoms with Crippen LogP contribution in [0.5, 0.6) is 11.8 Å². The maximum atomic E-state index is 11.3. The summed E-state index contributed by atoms with van der Waals surface area (Å²) in [6.45, 7) is 1.74. The fourth-order valence-electron chi connectivity index (χ4n) is 3.23. The van der Waals surface area contributed by atoms with Gasteiger partial charge in [0, 0.05) is 25.3 Å². The van der Waals surface area contributed by atoms with Gasteiger partial charge in [0.2, 0.25) is 0 Å². The predicted molar refractivity (Wildman–Crippen MR) is 124 cm³/mol. The van der Waals surface area contributed by atoms with Gasteiger partial charge < -0.3 is 25.9 Å². The summed E-state index contributed by atoms with van der Waals surface area (Å²) in [6.07, 6.45) is 0. The van der Waals surface area contributed by atoms with Crippen molar-refractivity contribution in [3.05, 3.63) is 70.7 Å². The van der Waals surface area contributed by atoms with Crippen LogP contribution >= 0.6 is 11.6 Å². The topological polar surface area (TPSA) is 113 Å². The Morgan fingerprint density at radius 3 is 2.61 bits per heavy atom. The summed E-state index contributed by atoms with van der Waals surface area (Å²) in [4.78, 5) is 21.0. The Hall–Kier alpha value is -3.55. The summed E-state index contributed by atoms with van der Waals surface area (Å²) >= 11 is 6.54. The highest BCUT2D eigenvalue weighted by Crippen LogP contribution is 2.34. The van der Waals surface area contributed by atoms with E-state index in [1.165, 1.54) is 6.07 Å². The number of carbonyl (C=O) groups is 1. The van der Waals surface area contributed by atoms with E-state index in [1.807, 2.05) is 49.3 Å². The molecule has 0 spiro atoms. The molecule has 160 valence electrons. The molecule has 5 N–H and O–H groups in total. The third kappa shape index (κ3) is 4.47. The molecule has 1 heterocycles. The molecule has 0 saturated heterocycles. The van der Waals surface area contributed by atoms with E-state index in [9.17, 15) is 9.90 Å². The minimum atomic E-state index is -1.00. The van der Waals surface area contributed by atoms with E-state index in [1.54, 1.807) is 19.1 Å². The lowest BCUT2D eigenvalue weighted by atomic mass is 10.0. The second-order valence-electron chi connectivity index (χ2n) is 7.22. The van der Waals surface area contributed by atoms with E-state index < -0.39 is 5.97 Å². The summed E-state index contributed by atoms with van der Waals surface area (Å²) < 4.78 is 5.77. The van der Waals surface area contributed by atoms with Crippen molar-refractivity contribution >= 4 is 34.3 Å². The van der Waals surface area contributed by atoms with Gasteiger partial charge in [-0.25, -0.2) is 4.79 Å². The monoisotopic (exact) mass is 438 g/mol. The lowest BCUT2D eigenvalue weighted by Gasteiger charge is -2.14. The number of rotatable bonds is 5. The van der Waals surface area contributed by atoms with Crippen LogP contribution in [0, 0.1) is 6.92 Å². The zero-order chi connectivity index (χ0) is 21.4. The second-order valence-corrected chi connectivity index (χ2v) is 7.63. The lowest BCUT2D eigenvalue weighted by Crippen LogP contribution is -2.08. The van der Waals surface area contributed by atoms with Gasteiger partial charge >= 0.3 is 5.97 Å². The van der Waals surface area contributed by atoms with Crippen LogP contribution < -0.4 is 15.8 Å². The number of aryl methyl sites for hydroxylation is 1. The predicted octanol–water partition coefficient (Wildman–Crippen LogP) is 5.91. The average molecular weight is 439 g/mol. The molecule has 7 nitrogen and oxygen atoms in total. The molecule has 3 aromatic carbocycles. The van der Waals surface area contributed by atoms with Gasteiger partial charge in [0.15, 0.2) is 0 Å². The van der Waals surface area contributed by atoms with Crippen LogP contribution in [0.25, 0.3) is 22.2 Å². The molecule has 31 heavy (non-hydrogen) atoms. The first-order chi connectivity index (χ1) is 14.3. The number of halogens is 1. The van der Waals surface area contributed by atoms with Crippen molar-refractivity contribution in [2.24, 2.45) is 0 Å². The first-order valence-electron chi connectivity index (χ1n) is 9.30. The molecule has 0 atom stereocenters. The van der Waals surface area contributed by atoms with Crippen LogP contribution in [0.4, 0.5) is 5.69 Å². The van der Waals surface area contributed by atoms with Gasteiger partial charge in [0.25, 0.3) is 6.01 Å². The average Bonchev–Trinajstić information content (AvgIpc) is 3.09. The third-order valence-corrected chi connectivity index (χ3v) is 5.19. The number of benzene rings is 3. The number of ether oxygens (including phenoxy) is 1. The zero-order valence-corrected chi connectivity index (χ0v) is 18.2. The number of nitrogens with zero attached hydrogens (tertiary/aromatic N) is 2. The first kappa shape index (κ1) is 22.1. The van der Waals surface area contributed by atoms with Gasteiger partial charge in [-0.1, -0.05) is 29.8 Å². The Balaban J connectivity index is 0.00000272. The quantitative estimate of drug-likeness (QED) is 0.357. The maximum absolute atomic E-state index is 11.3. The van der Waals surface area contributed by atoms with Gasteiger partial charge in [-0.05, 0) is 54.4 Å². The highest BCUT2D eigenvalue weighted by molar-refractivity contribution is 6.34. The van der Waals surface area contributed by atoms with Crippen molar-refractivity contribution in [3.63, 3.8) is 0 Å². The Kier molecular flexibility index (Phi) is 6.19. The molecular formula is C23H23ClN4O3. The molecule has 4 aromatic rings. The number of imidazole rings is 1. The first-order valence-corrected chi connectivity index (χ1v) is 9.68. The van der Waals surface area contributed by atoms with Crippen molar-refractivity contribution in [1.29, 1.82) is 0 Å². The molecule has 1 aromatic heterocycles. The van der Waals surface area contributed by atoms with Crippen LogP contribution in [0.1, 0.15) is 15.9 Å². The Morgan fingerprint density at radius 1 is 1.13 bits per heavy atom. The van der Waals surface area contributed by atoms with Crippen LogP contribution in [-0.4, -0.2) is 35.1 Å². The van der Waals surface area contributed by atoms with Gasteiger partial charge in [0.1, 0.15) is 5.75 Å². The van der Waals surface area contributed by atoms with Crippen molar-refractivity contribution in [2.75, 3.05) is 19.0 Å². The van der Waals surface area contributed by atoms with E-state index in [2.05, 4.69) is 16.0 Å². The molecule has 0 aliphatic rings. The maximum Gasteiger partial charge on any atom is 0.336 e. The number of H-pyrrole nitrogens is 1. The minimum absolute atomic E-state index is 0. The minimum Gasteiger partial charge on any atom is -0.478 e. The molecule has 8 heteroatoms. The van der Waals surface area contributed by atoms with Crippen LogP contribution in [0.3, 0.4) is 0 Å². The molecule has 0 fully saturated rings. The van der Waals surface area contributed by atoms with E-state index in [0.29, 0.717) is 21.9 Å². The molecule has 0 radical (unpaired) electrons. The van der Waals surface area contributed by atoms with E-state index in [0.717, 1.165) is 22.3 Å². The van der Waals surface area contributed by atoms with Crippen molar-refractivity contribution in [1.82, 2.24) is 16.1 Å². The van der Waals surface area contributed by atoms with E-state index in [-0.39, 0.29) is 17.7 Å². The Bertz CT molecular complexity index is 1270. The van der Waals surface area contributed by atoms with Gasteiger partial charge in [-0.2, -0.15) is 4.98 Å². The SMILES string of the molecule is Cc1ccc(Oc2nc3cc(-c4cccc(N(C)C)c4)c(Cl)cc3[nH]2)cc1C(=O)O.N. The zero-order valence-electron chi connectivity index (χ0n) is 17.4. The molecule has 0 amide bonds. The number of aromatic amines is 1. The fraction of sp³-hybridized carbons (Fsp3) is 0.130. The molecule has 0 aliphatic carbocycles. The highest BCUT2D eigenvalue weighted by atomic mass is 35.5. The molecular weight excluding hydrogens is 416 g/mol. The number of fused-ring (bicyclic) bond motifs is 1. The highest BCUT2D eigenvalue weighted by Gasteiger charge is 2.13. The number of carboxylic acid groups (broad SMARTS) is 1. The summed E-state index contributed by atoms with van der Waals surface area (Å²) in [5.74, 6) is -0.610. The summed E-state index contributed by atoms with van der Waals surface area (Å²) in [5, 5.41) is 9.89. The third-order valence-electron chi connectivity index (χ3n) is 4.88. The number of carboxylic acids is 1. The Labute approximate surface area is 184 Å². The van der Waals surface area contributed by atoms with E-state index in [4.69, 9.17) is 16.3 Å². The van der Waals surface area contributed by atoms with Gasteiger partial charge in [-0.3, -0.25) is 0 Å². The normalized spacial score (nSPS) is 10.6. The Morgan fingerprint density at radius 2 is 1.90 bits per heavy atom. The summed E-state index contributed by atoms with van der Waals surface area (Å²) in [7, 11) is 3.98. The van der Waals surface area contributed by atoms with Gasteiger partial charge in [-0.15, -0.1) is 0 Å². The summed E-state index contributed by atoms with van der Waals surface area (Å²) in [6, 6.07) is 17.0. The van der Waals surface area contributed by atoms with Crippen molar-refractivity contribution < 1.29 is 14.6 Å². The standard InChI is InChI=1S/C23H20ClN3O3.H3N/c1-13-7-8-16(10-17(13)22(28)29)30-23-25-20-11-18(19(24)12-21(20)26-23)14-5-4-6-15(9-14)27(2)3;/h4-12H,1-3H3,(H,25,26)(H,28,29);1H3. The van der Waals surface area contributed by atoms with Crippen LogP contribution in [0.2, 0.25) is 5.02 Å². The lowest BCUT2D eigenvalue weighted by molar-refractivity contribution is 0.0695. The number of hydrogen-bond donors (Lipinski definition) is 3. The number of hydrogen-bond acceptors (Lipinski definition) is 5. The van der Waals surface area contributed by atoms with E-state index >= 15 is 0 Å². The largest absolute Gasteiger partial charge is 0.478 e.